The average molecular weight is 331 g/mol. The summed E-state index contributed by atoms with van der Waals surface area (Å²) in [7, 11) is 1.85. The predicted molar refractivity (Wildman–Crippen MR) is 87.3 cm³/mol. The molecule has 2 N–H and O–H groups in total. The number of ether oxygens (including phenoxy) is 1. The van der Waals surface area contributed by atoms with Crippen LogP contribution >= 0.6 is 0 Å². The molecule has 0 aliphatic carbocycles. The van der Waals surface area contributed by atoms with Gasteiger partial charge in [-0.15, -0.1) is 0 Å². The molecule has 0 aliphatic heterocycles. The summed E-state index contributed by atoms with van der Waals surface area (Å²) in [5, 5.41) is 11.6. The second-order valence-corrected chi connectivity index (χ2v) is 5.54. The number of aromatic nitrogens is 2. The van der Waals surface area contributed by atoms with Crippen LogP contribution in [0.3, 0.4) is 0 Å². The molecule has 7 heteroatoms. The zero-order valence-corrected chi connectivity index (χ0v) is 13.5. The topological polar surface area (TPSA) is 93.5 Å². The van der Waals surface area contributed by atoms with Crippen LogP contribution in [0.2, 0.25) is 0 Å². The summed E-state index contributed by atoms with van der Waals surface area (Å²) in [6, 6.07) is 9.03. The molecule has 1 aromatic heterocycles. The van der Waals surface area contributed by atoms with Crippen molar-refractivity contribution in [2.24, 2.45) is 7.05 Å². The maximum Gasteiger partial charge on any atom is 0.407 e. The second kappa shape index (κ2) is 8.71. The number of aliphatic carboxylic acids is 1. The first-order valence-corrected chi connectivity index (χ1v) is 7.69. The molecule has 0 spiro atoms. The van der Waals surface area contributed by atoms with E-state index >= 15 is 0 Å². The maximum absolute atomic E-state index is 12.0. The number of alkyl carbamates (subject to hydrolysis) is 1. The number of carbonyl (C=O) groups excluding carboxylic acids is 1. The van der Waals surface area contributed by atoms with E-state index in [9.17, 15) is 9.59 Å². The zero-order chi connectivity index (χ0) is 17.4. The summed E-state index contributed by atoms with van der Waals surface area (Å²) in [5.74, 6) is -0.899. The van der Waals surface area contributed by atoms with E-state index in [0.29, 0.717) is 12.8 Å². The molecular weight excluding hydrogens is 310 g/mol. The lowest BCUT2D eigenvalue weighted by molar-refractivity contribution is -0.137. The highest BCUT2D eigenvalue weighted by Crippen LogP contribution is 2.08. The van der Waals surface area contributed by atoms with Gasteiger partial charge < -0.3 is 19.7 Å². The van der Waals surface area contributed by atoms with Crippen molar-refractivity contribution in [3.63, 3.8) is 0 Å². The Labute approximate surface area is 140 Å². The number of carboxylic acid groups (broad SMARTS) is 1. The quantitative estimate of drug-likeness (QED) is 0.773. The van der Waals surface area contributed by atoms with Gasteiger partial charge in [0.15, 0.2) is 0 Å². The van der Waals surface area contributed by atoms with E-state index in [1.54, 1.807) is 12.5 Å². The largest absolute Gasteiger partial charge is 0.481 e. The number of amides is 1. The molecule has 1 heterocycles. The number of rotatable bonds is 8. The van der Waals surface area contributed by atoms with Gasteiger partial charge in [0.05, 0.1) is 6.33 Å². The summed E-state index contributed by atoms with van der Waals surface area (Å²) in [6.07, 6.45) is 3.59. The van der Waals surface area contributed by atoms with E-state index in [1.165, 1.54) is 0 Å². The highest BCUT2D eigenvalue weighted by Gasteiger charge is 2.17. The minimum atomic E-state index is -0.899. The summed E-state index contributed by atoms with van der Waals surface area (Å²) >= 11 is 0. The van der Waals surface area contributed by atoms with Crippen LogP contribution in [0.1, 0.15) is 24.1 Å². The van der Waals surface area contributed by atoms with Gasteiger partial charge in [-0.1, -0.05) is 30.3 Å². The van der Waals surface area contributed by atoms with Crippen molar-refractivity contribution < 1.29 is 19.4 Å². The molecular formula is C17H21N3O4. The smallest absolute Gasteiger partial charge is 0.407 e. The molecule has 0 aliphatic rings. The third kappa shape index (κ3) is 5.75. The second-order valence-electron chi connectivity index (χ2n) is 5.54. The van der Waals surface area contributed by atoms with Crippen LogP contribution in [0, 0.1) is 0 Å². The van der Waals surface area contributed by atoms with Gasteiger partial charge in [-0.2, -0.15) is 0 Å². The lowest BCUT2D eigenvalue weighted by Crippen LogP contribution is -2.37. The molecule has 0 bridgehead atoms. The number of hydrogen-bond acceptors (Lipinski definition) is 4. The average Bonchev–Trinajstić information content (AvgIpc) is 2.96. The van der Waals surface area contributed by atoms with Crippen molar-refractivity contribution in [3.8, 4) is 0 Å². The van der Waals surface area contributed by atoms with Crippen molar-refractivity contribution >= 4 is 12.1 Å². The minimum Gasteiger partial charge on any atom is -0.481 e. The normalized spacial score (nSPS) is 11.7. The van der Waals surface area contributed by atoms with Gasteiger partial charge in [-0.3, -0.25) is 4.79 Å². The molecule has 7 nitrogen and oxygen atoms in total. The van der Waals surface area contributed by atoms with Gasteiger partial charge in [0.25, 0.3) is 0 Å². The number of hydrogen-bond donors (Lipinski definition) is 2. The van der Waals surface area contributed by atoms with Crippen molar-refractivity contribution in [1.82, 2.24) is 14.9 Å². The van der Waals surface area contributed by atoms with E-state index in [-0.39, 0.29) is 19.1 Å². The van der Waals surface area contributed by atoms with Crippen LogP contribution in [0.25, 0.3) is 0 Å². The fourth-order valence-corrected chi connectivity index (χ4v) is 2.29. The Morgan fingerprint density at radius 2 is 2.08 bits per heavy atom. The Morgan fingerprint density at radius 1 is 1.33 bits per heavy atom. The standard InChI is InChI=1S/C17H21N3O4/c1-20-12-18-10-15(20)9-14(7-8-16(21)22)19-17(23)24-11-13-5-3-2-4-6-13/h2-6,10,12,14H,7-9,11H2,1H3,(H,19,23)(H,21,22). The first-order valence-electron chi connectivity index (χ1n) is 7.69. The SMILES string of the molecule is Cn1cncc1CC(CCC(=O)O)NC(=O)OCc1ccccc1. The highest BCUT2D eigenvalue weighted by molar-refractivity contribution is 5.68. The predicted octanol–water partition coefficient (Wildman–Crippen LogP) is 2.12. The Hall–Kier alpha value is -2.83. The lowest BCUT2D eigenvalue weighted by Gasteiger charge is -2.18. The Kier molecular flexibility index (Phi) is 6.36. The zero-order valence-electron chi connectivity index (χ0n) is 13.5. The van der Waals surface area contributed by atoms with E-state index in [2.05, 4.69) is 10.3 Å². The molecule has 0 saturated heterocycles. The molecule has 0 saturated carbocycles. The molecule has 1 unspecified atom stereocenters. The monoisotopic (exact) mass is 331 g/mol. The number of nitrogens with zero attached hydrogens (tertiary/aromatic N) is 2. The van der Waals surface area contributed by atoms with Crippen molar-refractivity contribution in [3.05, 3.63) is 54.1 Å². The van der Waals surface area contributed by atoms with Crippen LogP contribution in [-0.4, -0.2) is 32.8 Å². The maximum atomic E-state index is 12.0. The summed E-state index contributed by atoms with van der Waals surface area (Å²) in [4.78, 5) is 26.8. The number of carbonyl (C=O) groups is 2. The van der Waals surface area contributed by atoms with E-state index in [0.717, 1.165) is 11.3 Å². The number of aryl methyl sites for hydroxylation is 1. The molecule has 2 aromatic rings. The molecule has 2 rings (SSSR count). The van der Waals surface area contributed by atoms with Gasteiger partial charge in [-0.25, -0.2) is 9.78 Å². The van der Waals surface area contributed by atoms with Crippen molar-refractivity contribution in [2.45, 2.75) is 31.9 Å². The van der Waals surface area contributed by atoms with Crippen molar-refractivity contribution in [1.29, 1.82) is 0 Å². The third-order valence-corrected chi connectivity index (χ3v) is 3.61. The van der Waals surface area contributed by atoms with Crippen LogP contribution in [-0.2, 0) is 29.6 Å². The van der Waals surface area contributed by atoms with Crippen LogP contribution in [0.4, 0.5) is 4.79 Å². The van der Waals surface area contributed by atoms with E-state index in [4.69, 9.17) is 9.84 Å². The van der Waals surface area contributed by atoms with E-state index < -0.39 is 12.1 Å². The molecule has 1 aromatic carbocycles. The Bertz CT molecular complexity index is 669. The Morgan fingerprint density at radius 3 is 2.71 bits per heavy atom. The summed E-state index contributed by atoms with van der Waals surface area (Å²) < 4.78 is 7.03. The molecule has 0 radical (unpaired) electrons. The number of nitrogens with one attached hydrogen (secondary N) is 1. The van der Waals surface area contributed by atoms with Crippen molar-refractivity contribution in [2.75, 3.05) is 0 Å². The number of benzene rings is 1. The van der Waals surface area contributed by atoms with Gasteiger partial charge in [0, 0.05) is 37.8 Å². The molecule has 0 fully saturated rings. The number of carboxylic acids is 1. The van der Waals surface area contributed by atoms with Gasteiger partial charge in [0.2, 0.25) is 0 Å². The molecule has 1 amide bonds. The van der Waals surface area contributed by atoms with Crippen LogP contribution in [0.15, 0.2) is 42.9 Å². The minimum absolute atomic E-state index is 0.0263. The first kappa shape index (κ1) is 17.5. The van der Waals surface area contributed by atoms with Gasteiger partial charge in [-0.05, 0) is 12.0 Å². The first-order chi connectivity index (χ1) is 11.5. The van der Waals surface area contributed by atoms with Crippen LogP contribution < -0.4 is 5.32 Å². The summed E-state index contributed by atoms with van der Waals surface area (Å²) in [5.41, 5.74) is 1.80. The Balaban J connectivity index is 1.89. The molecule has 1 atom stereocenters. The highest BCUT2D eigenvalue weighted by atomic mass is 16.5. The van der Waals surface area contributed by atoms with Crippen LogP contribution in [0.5, 0.6) is 0 Å². The number of imidazole rings is 1. The van der Waals surface area contributed by atoms with E-state index in [1.807, 2.05) is 41.9 Å². The molecule has 24 heavy (non-hydrogen) atoms. The fourth-order valence-electron chi connectivity index (χ4n) is 2.29. The third-order valence-electron chi connectivity index (χ3n) is 3.61. The van der Waals surface area contributed by atoms with Gasteiger partial charge >= 0.3 is 12.1 Å². The fraction of sp³-hybridized carbons (Fsp3) is 0.353. The summed E-state index contributed by atoms with van der Waals surface area (Å²) in [6.45, 7) is 0.171. The molecule has 128 valence electrons. The lowest BCUT2D eigenvalue weighted by atomic mass is 10.1. The van der Waals surface area contributed by atoms with Gasteiger partial charge in [0.1, 0.15) is 6.61 Å².